The zero-order valence-electron chi connectivity index (χ0n) is 10.1. The van der Waals surface area contributed by atoms with Gasteiger partial charge in [0.1, 0.15) is 5.60 Å². The standard InChI is InChI=1S/C10H20ClNO4S/c1-8(5-11)6-17(14,15)12-7-10(13)3-4-16-9(10)2/h8-9,12-13H,3-7H2,1-2H3. The average molecular weight is 286 g/mol. The van der Waals surface area contributed by atoms with Crippen molar-refractivity contribution in [3.8, 4) is 0 Å². The number of hydrogen-bond donors (Lipinski definition) is 2. The van der Waals surface area contributed by atoms with Gasteiger partial charge in [0.15, 0.2) is 0 Å². The van der Waals surface area contributed by atoms with E-state index in [1.807, 2.05) is 0 Å². The van der Waals surface area contributed by atoms with Gasteiger partial charge in [0, 0.05) is 25.5 Å². The normalized spacial score (nSPS) is 31.6. The molecule has 0 aromatic rings. The quantitative estimate of drug-likeness (QED) is 0.689. The summed E-state index contributed by atoms with van der Waals surface area (Å²) >= 11 is 5.57. The van der Waals surface area contributed by atoms with Crippen molar-refractivity contribution in [2.75, 3.05) is 24.8 Å². The molecule has 0 aliphatic carbocycles. The smallest absolute Gasteiger partial charge is 0.211 e. The molecule has 0 amide bonds. The zero-order chi connectivity index (χ0) is 13.1. The van der Waals surface area contributed by atoms with Gasteiger partial charge in [0.25, 0.3) is 0 Å². The molecule has 3 atom stereocenters. The summed E-state index contributed by atoms with van der Waals surface area (Å²) in [7, 11) is -3.39. The number of nitrogens with one attached hydrogen (secondary N) is 1. The van der Waals surface area contributed by atoms with Gasteiger partial charge in [0.05, 0.1) is 11.9 Å². The third-order valence-corrected chi connectivity index (χ3v) is 5.14. The van der Waals surface area contributed by atoms with Crippen molar-refractivity contribution in [1.82, 2.24) is 4.72 Å². The number of hydrogen-bond acceptors (Lipinski definition) is 4. The number of rotatable bonds is 6. The summed E-state index contributed by atoms with van der Waals surface area (Å²) in [5.41, 5.74) is -1.10. The van der Waals surface area contributed by atoms with E-state index < -0.39 is 15.6 Å². The molecule has 5 nitrogen and oxygen atoms in total. The predicted molar refractivity (Wildman–Crippen MR) is 66.7 cm³/mol. The van der Waals surface area contributed by atoms with Crippen molar-refractivity contribution in [2.24, 2.45) is 5.92 Å². The third kappa shape index (κ3) is 4.37. The van der Waals surface area contributed by atoms with Crippen LogP contribution in [0, 0.1) is 5.92 Å². The minimum atomic E-state index is -3.39. The van der Waals surface area contributed by atoms with Crippen LogP contribution >= 0.6 is 11.6 Å². The predicted octanol–water partition coefficient (Wildman–Crippen LogP) is 0.321. The van der Waals surface area contributed by atoms with E-state index in [1.165, 1.54) is 0 Å². The monoisotopic (exact) mass is 285 g/mol. The first-order valence-corrected chi connectivity index (χ1v) is 7.85. The summed E-state index contributed by atoms with van der Waals surface area (Å²) in [6.45, 7) is 3.95. The molecular formula is C10H20ClNO4S. The van der Waals surface area contributed by atoms with Crippen LogP contribution in [0.4, 0.5) is 0 Å². The van der Waals surface area contributed by atoms with E-state index in [4.69, 9.17) is 16.3 Å². The Morgan fingerprint density at radius 2 is 2.29 bits per heavy atom. The molecule has 0 aromatic carbocycles. The fraction of sp³-hybridized carbons (Fsp3) is 1.00. The maximum Gasteiger partial charge on any atom is 0.211 e. The first-order chi connectivity index (χ1) is 7.79. The Bertz CT molecular complexity index is 348. The molecule has 1 fully saturated rings. The van der Waals surface area contributed by atoms with Crippen molar-refractivity contribution in [3.05, 3.63) is 0 Å². The van der Waals surface area contributed by atoms with Gasteiger partial charge in [0.2, 0.25) is 10.0 Å². The van der Waals surface area contributed by atoms with Gasteiger partial charge < -0.3 is 9.84 Å². The Kier molecular flexibility index (Phi) is 5.21. The van der Waals surface area contributed by atoms with Crippen LogP contribution in [0.2, 0.25) is 0 Å². The van der Waals surface area contributed by atoms with Gasteiger partial charge in [-0.15, -0.1) is 11.6 Å². The first-order valence-electron chi connectivity index (χ1n) is 5.66. The van der Waals surface area contributed by atoms with E-state index in [9.17, 15) is 13.5 Å². The van der Waals surface area contributed by atoms with E-state index in [2.05, 4.69) is 4.72 Å². The lowest BCUT2D eigenvalue weighted by atomic mass is 9.97. The second-order valence-corrected chi connectivity index (χ2v) is 6.89. The molecule has 2 N–H and O–H groups in total. The zero-order valence-corrected chi connectivity index (χ0v) is 11.7. The van der Waals surface area contributed by atoms with E-state index in [0.29, 0.717) is 18.9 Å². The molecule has 1 aliphatic heterocycles. The van der Waals surface area contributed by atoms with Gasteiger partial charge in [-0.3, -0.25) is 0 Å². The molecule has 17 heavy (non-hydrogen) atoms. The summed E-state index contributed by atoms with van der Waals surface area (Å²) in [6, 6.07) is 0. The number of halogens is 1. The maximum absolute atomic E-state index is 11.7. The van der Waals surface area contributed by atoms with Gasteiger partial charge in [-0.2, -0.15) is 0 Å². The number of sulfonamides is 1. The van der Waals surface area contributed by atoms with Gasteiger partial charge >= 0.3 is 0 Å². The van der Waals surface area contributed by atoms with Crippen molar-refractivity contribution in [3.63, 3.8) is 0 Å². The molecule has 1 saturated heterocycles. The third-order valence-electron chi connectivity index (χ3n) is 3.03. The topological polar surface area (TPSA) is 75.6 Å². The molecule has 1 heterocycles. The minimum absolute atomic E-state index is 0.00843. The van der Waals surface area contributed by atoms with Crippen LogP contribution in [0.15, 0.2) is 0 Å². The molecule has 1 rings (SSSR count). The molecule has 7 heteroatoms. The van der Waals surface area contributed by atoms with Gasteiger partial charge in [-0.1, -0.05) is 6.92 Å². The van der Waals surface area contributed by atoms with Crippen LogP contribution in [-0.2, 0) is 14.8 Å². The summed E-state index contributed by atoms with van der Waals surface area (Å²) < 4.78 is 31.0. The Morgan fingerprint density at radius 3 is 2.76 bits per heavy atom. The molecule has 0 aromatic heterocycles. The Labute approximate surface area is 108 Å². The summed E-state index contributed by atoms with van der Waals surface area (Å²) in [5.74, 6) is 0.160. The molecular weight excluding hydrogens is 266 g/mol. The molecule has 102 valence electrons. The highest BCUT2D eigenvalue weighted by Crippen LogP contribution is 2.24. The van der Waals surface area contributed by atoms with Gasteiger partial charge in [-0.25, -0.2) is 13.1 Å². The van der Waals surface area contributed by atoms with Crippen LogP contribution in [0.25, 0.3) is 0 Å². The van der Waals surface area contributed by atoms with Crippen LogP contribution in [0.1, 0.15) is 20.3 Å². The Balaban J connectivity index is 2.49. The van der Waals surface area contributed by atoms with Crippen LogP contribution in [-0.4, -0.2) is 50.0 Å². The molecule has 0 spiro atoms. The SMILES string of the molecule is CC(CCl)CS(=O)(=O)NCC1(O)CCOC1C. The second kappa shape index (κ2) is 5.84. The van der Waals surface area contributed by atoms with Crippen LogP contribution in [0.5, 0.6) is 0 Å². The van der Waals surface area contributed by atoms with E-state index in [0.717, 1.165) is 0 Å². The summed E-state index contributed by atoms with van der Waals surface area (Å²) in [6.07, 6.45) is 0.0949. The average Bonchev–Trinajstić information content (AvgIpc) is 2.57. The van der Waals surface area contributed by atoms with Gasteiger partial charge in [-0.05, 0) is 12.8 Å². The number of alkyl halides is 1. The highest BCUT2D eigenvalue weighted by atomic mass is 35.5. The first kappa shape index (κ1) is 15.2. The lowest BCUT2D eigenvalue weighted by Crippen LogP contribution is -2.48. The van der Waals surface area contributed by atoms with Crippen molar-refractivity contribution in [2.45, 2.75) is 32.0 Å². The molecule has 0 bridgehead atoms. The number of aliphatic hydroxyl groups is 1. The van der Waals surface area contributed by atoms with Crippen molar-refractivity contribution >= 4 is 21.6 Å². The summed E-state index contributed by atoms with van der Waals surface area (Å²) in [4.78, 5) is 0. The molecule has 0 radical (unpaired) electrons. The van der Waals surface area contributed by atoms with Crippen LogP contribution in [0.3, 0.4) is 0 Å². The largest absolute Gasteiger partial charge is 0.386 e. The molecule has 0 saturated carbocycles. The van der Waals surface area contributed by atoms with E-state index in [1.54, 1.807) is 13.8 Å². The molecule has 1 aliphatic rings. The number of ether oxygens (including phenoxy) is 1. The highest BCUT2D eigenvalue weighted by Gasteiger charge is 2.40. The summed E-state index contributed by atoms with van der Waals surface area (Å²) in [5, 5.41) is 10.1. The Hall–Kier alpha value is 0.120. The van der Waals surface area contributed by atoms with Crippen molar-refractivity contribution < 1.29 is 18.3 Å². The lowest BCUT2D eigenvalue weighted by molar-refractivity contribution is -0.0228. The fourth-order valence-corrected chi connectivity index (χ4v) is 3.41. The minimum Gasteiger partial charge on any atom is -0.386 e. The molecule has 3 unspecified atom stereocenters. The maximum atomic E-state index is 11.7. The fourth-order valence-electron chi connectivity index (χ4n) is 1.72. The van der Waals surface area contributed by atoms with Crippen LogP contribution < -0.4 is 4.72 Å². The highest BCUT2D eigenvalue weighted by molar-refractivity contribution is 7.89. The second-order valence-electron chi connectivity index (χ2n) is 4.73. The lowest BCUT2D eigenvalue weighted by Gasteiger charge is -2.26. The van der Waals surface area contributed by atoms with E-state index in [-0.39, 0.29) is 24.3 Å². The Morgan fingerprint density at radius 1 is 1.65 bits per heavy atom. The van der Waals surface area contributed by atoms with Crippen molar-refractivity contribution in [1.29, 1.82) is 0 Å². The van der Waals surface area contributed by atoms with E-state index >= 15 is 0 Å².